The quantitative estimate of drug-likeness (QED) is 0.479. The van der Waals surface area contributed by atoms with Gasteiger partial charge in [0.2, 0.25) is 11.8 Å². The Morgan fingerprint density at radius 3 is 2.70 bits per heavy atom. The molecule has 2 aromatic heterocycles. The molecular weight excluding hydrogens is 515 g/mol. The largest absolute Gasteiger partial charge is 0.488 e. The monoisotopic (exact) mass is 546 g/mol. The number of carbonyl (C=O) groups is 2. The van der Waals surface area contributed by atoms with Crippen LogP contribution < -0.4 is 19.9 Å². The number of carbonyl (C=O) groups excluding carboxylic acids is 2. The van der Waals surface area contributed by atoms with Crippen molar-refractivity contribution in [2.45, 2.75) is 25.9 Å². The maximum atomic E-state index is 15.0. The first-order valence-electron chi connectivity index (χ1n) is 13.5. The standard InChI is InChI=1S/C29H31FN6O4/c1-39-10-4-28(37)35-8-6-34(7-9-35)21-12-20(15-31-16-21)33-27-11-19-18-40-26-14-25(36-5-2-3-29(36)38)24(30)13-22(26)23(19)17-32-27/h11-17H,2-10,18H2,1H3,(H,32,33). The van der Waals surface area contributed by atoms with E-state index in [1.54, 1.807) is 25.6 Å². The Balaban J connectivity index is 1.14. The van der Waals surface area contributed by atoms with Gasteiger partial charge in [0.25, 0.3) is 0 Å². The summed E-state index contributed by atoms with van der Waals surface area (Å²) in [5.74, 6) is 0.767. The number of piperazine rings is 1. The van der Waals surface area contributed by atoms with Crippen LogP contribution in [0.5, 0.6) is 5.75 Å². The van der Waals surface area contributed by atoms with E-state index in [4.69, 9.17) is 9.47 Å². The molecule has 208 valence electrons. The van der Waals surface area contributed by atoms with E-state index in [9.17, 15) is 9.59 Å². The number of fused-ring (bicyclic) bond motifs is 3. The van der Waals surface area contributed by atoms with Gasteiger partial charge in [-0.15, -0.1) is 0 Å². The molecule has 6 rings (SSSR count). The molecule has 0 saturated carbocycles. The third-order valence-electron chi connectivity index (χ3n) is 7.59. The molecule has 11 heteroatoms. The Labute approximate surface area is 231 Å². The number of methoxy groups -OCH3 is 1. The second-order valence-corrected chi connectivity index (χ2v) is 10.1. The summed E-state index contributed by atoms with van der Waals surface area (Å²) >= 11 is 0. The molecule has 1 aromatic carbocycles. The summed E-state index contributed by atoms with van der Waals surface area (Å²) in [6.45, 7) is 4.02. The summed E-state index contributed by atoms with van der Waals surface area (Å²) in [5, 5.41) is 3.32. The van der Waals surface area contributed by atoms with Crippen molar-refractivity contribution in [3.05, 3.63) is 54.2 Å². The van der Waals surface area contributed by atoms with E-state index < -0.39 is 5.82 Å². The number of hydrogen-bond acceptors (Lipinski definition) is 8. The summed E-state index contributed by atoms with van der Waals surface area (Å²) in [4.78, 5) is 39.0. The average Bonchev–Trinajstić information content (AvgIpc) is 3.41. The van der Waals surface area contributed by atoms with E-state index in [0.717, 1.165) is 42.0 Å². The van der Waals surface area contributed by atoms with Gasteiger partial charge in [0, 0.05) is 75.2 Å². The number of pyridine rings is 2. The predicted octanol–water partition coefficient (Wildman–Crippen LogP) is 3.73. The number of ether oxygens (including phenoxy) is 2. The maximum absolute atomic E-state index is 15.0. The average molecular weight is 547 g/mol. The molecule has 40 heavy (non-hydrogen) atoms. The molecule has 0 radical (unpaired) electrons. The minimum absolute atomic E-state index is 0.0682. The minimum atomic E-state index is -0.448. The first-order valence-corrected chi connectivity index (χ1v) is 13.5. The molecule has 3 aromatic rings. The third kappa shape index (κ3) is 5.16. The van der Waals surface area contributed by atoms with Crippen LogP contribution >= 0.6 is 0 Å². The van der Waals surface area contributed by atoms with Gasteiger partial charge in [0.05, 0.1) is 42.5 Å². The first-order chi connectivity index (χ1) is 19.5. The molecule has 5 heterocycles. The van der Waals surface area contributed by atoms with Gasteiger partial charge in [0.1, 0.15) is 24.0 Å². The van der Waals surface area contributed by atoms with E-state index in [-0.39, 0.29) is 17.5 Å². The van der Waals surface area contributed by atoms with Crippen LogP contribution in [0.15, 0.2) is 42.9 Å². The van der Waals surface area contributed by atoms with Crippen molar-refractivity contribution in [1.82, 2.24) is 14.9 Å². The van der Waals surface area contributed by atoms with Crippen molar-refractivity contribution in [1.29, 1.82) is 0 Å². The van der Waals surface area contributed by atoms with Crippen LogP contribution in [0.2, 0.25) is 0 Å². The first kappa shape index (κ1) is 26.0. The lowest BCUT2D eigenvalue weighted by atomic mass is 9.98. The second kappa shape index (κ2) is 11.1. The van der Waals surface area contributed by atoms with Gasteiger partial charge >= 0.3 is 0 Å². The number of anilines is 4. The van der Waals surface area contributed by atoms with E-state index >= 15 is 4.39 Å². The molecule has 3 aliphatic rings. The summed E-state index contributed by atoms with van der Waals surface area (Å²) in [5.41, 5.74) is 4.32. The molecule has 2 amide bonds. The van der Waals surface area contributed by atoms with Crippen molar-refractivity contribution in [3.8, 4) is 16.9 Å². The van der Waals surface area contributed by atoms with Crippen molar-refractivity contribution in [3.63, 3.8) is 0 Å². The highest BCUT2D eigenvalue weighted by Gasteiger charge is 2.28. The topological polar surface area (TPSA) is 100 Å². The highest BCUT2D eigenvalue weighted by molar-refractivity contribution is 5.96. The fourth-order valence-corrected chi connectivity index (χ4v) is 5.44. The lowest BCUT2D eigenvalue weighted by Crippen LogP contribution is -2.49. The molecule has 10 nitrogen and oxygen atoms in total. The number of hydrogen-bond donors (Lipinski definition) is 1. The zero-order valence-corrected chi connectivity index (χ0v) is 22.4. The molecule has 2 saturated heterocycles. The van der Waals surface area contributed by atoms with Crippen LogP contribution in [0.3, 0.4) is 0 Å². The molecule has 1 N–H and O–H groups in total. The van der Waals surface area contributed by atoms with E-state index in [2.05, 4.69) is 20.2 Å². The van der Waals surface area contributed by atoms with Crippen molar-refractivity contribution in [2.75, 3.05) is 61.6 Å². The number of aromatic nitrogens is 2. The smallest absolute Gasteiger partial charge is 0.227 e. The maximum Gasteiger partial charge on any atom is 0.227 e. The number of nitrogens with zero attached hydrogens (tertiary/aromatic N) is 5. The molecule has 0 spiro atoms. The number of halogens is 1. The molecule has 0 bridgehead atoms. The van der Waals surface area contributed by atoms with E-state index in [0.29, 0.717) is 62.8 Å². The highest BCUT2D eigenvalue weighted by atomic mass is 19.1. The van der Waals surface area contributed by atoms with Crippen LogP contribution in [0.4, 0.5) is 27.3 Å². The minimum Gasteiger partial charge on any atom is -0.488 e. The van der Waals surface area contributed by atoms with Crippen LogP contribution in [-0.4, -0.2) is 73.1 Å². The summed E-state index contributed by atoms with van der Waals surface area (Å²) < 4.78 is 26.0. The number of nitrogens with one attached hydrogen (secondary N) is 1. The van der Waals surface area contributed by atoms with E-state index in [1.165, 1.54) is 11.0 Å². The van der Waals surface area contributed by atoms with Gasteiger partial charge in [-0.3, -0.25) is 14.6 Å². The molecule has 0 atom stereocenters. The molecule has 3 aliphatic heterocycles. The van der Waals surface area contributed by atoms with Gasteiger partial charge < -0.3 is 29.5 Å². The Morgan fingerprint density at radius 1 is 1.07 bits per heavy atom. The van der Waals surface area contributed by atoms with Gasteiger partial charge in [0.15, 0.2) is 0 Å². The molecule has 2 fully saturated rings. The zero-order chi connectivity index (χ0) is 27.6. The second-order valence-electron chi connectivity index (χ2n) is 10.1. The van der Waals surface area contributed by atoms with Gasteiger partial charge in [-0.05, 0) is 24.6 Å². The lowest BCUT2D eigenvalue weighted by Gasteiger charge is -2.36. The fraction of sp³-hybridized carbons (Fsp3) is 0.379. The highest BCUT2D eigenvalue weighted by Crippen LogP contribution is 2.42. The molecule has 0 aliphatic carbocycles. The Morgan fingerprint density at radius 2 is 1.93 bits per heavy atom. The van der Waals surface area contributed by atoms with Gasteiger partial charge in [-0.2, -0.15) is 0 Å². The van der Waals surface area contributed by atoms with Crippen LogP contribution in [0.25, 0.3) is 11.1 Å². The summed E-state index contributed by atoms with van der Waals surface area (Å²) in [6, 6.07) is 6.96. The summed E-state index contributed by atoms with van der Waals surface area (Å²) in [6.07, 6.45) is 6.83. The van der Waals surface area contributed by atoms with E-state index in [1.807, 2.05) is 23.2 Å². The Hall–Kier alpha value is -4.25. The molecule has 0 unspecified atom stereocenters. The lowest BCUT2D eigenvalue weighted by molar-refractivity contribution is -0.132. The Bertz CT molecular complexity index is 1440. The van der Waals surface area contributed by atoms with Crippen molar-refractivity contribution in [2.24, 2.45) is 0 Å². The fourth-order valence-electron chi connectivity index (χ4n) is 5.44. The van der Waals surface area contributed by atoms with Crippen LogP contribution in [0.1, 0.15) is 24.8 Å². The van der Waals surface area contributed by atoms with Crippen molar-refractivity contribution < 1.29 is 23.5 Å². The number of amides is 2. The Kier molecular flexibility index (Phi) is 7.21. The molecular formula is C29H31FN6O4. The normalized spacial score (nSPS) is 16.4. The number of rotatable bonds is 7. The van der Waals surface area contributed by atoms with Gasteiger partial charge in [-0.1, -0.05) is 0 Å². The van der Waals surface area contributed by atoms with Crippen LogP contribution in [0, 0.1) is 5.82 Å². The van der Waals surface area contributed by atoms with Gasteiger partial charge in [-0.25, -0.2) is 9.37 Å². The van der Waals surface area contributed by atoms with Crippen molar-refractivity contribution >= 4 is 34.7 Å². The zero-order valence-electron chi connectivity index (χ0n) is 22.4. The SMILES string of the molecule is COCCC(=O)N1CCN(c2cncc(Nc3cc4c(cn3)-c3cc(F)c(N5CCCC5=O)cc3OC4)c2)CC1. The van der Waals surface area contributed by atoms with Crippen LogP contribution in [-0.2, 0) is 20.9 Å². The number of benzene rings is 1. The predicted molar refractivity (Wildman–Crippen MR) is 148 cm³/mol. The third-order valence-corrected chi connectivity index (χ3v) is 7.59. The summed E-state index contributed by atoms with van der Waals surface area (Å²) in [7, 11) is 1.60.